The van der Waals surface area contributed by atoms with Crippen molar-refractivity contribution in [1.82, 2.24) is 55.7 Å². The third-order valence-corrected chi connectivity index (χ3v) is 13.5. The van der Waals surface area contributed by atoms with Gasteiger partial charge in [-0.15, -0.1) is 0 Å². The van der Waals surface area contributed by atoms with Crippen LogP contribution in [-0.4, -0.2) is 129 Å². The highest BCUT2D eigenvalue weighted by Gasteiger charge is 2.18. The fourth-order valence-corrected chi connectivity index (χ4v) is 9.10. The molecule has 0 aliphatic rings. The summed E-state index contributed by atoms with van der Waals surface area (Å²) in [7, 11) is 23.4. The summed E-state index contributed by atoms with van der Waals surface area (Å²) < 4.78 is 30.1. The monoisotopic (exact) mass is 1370 g/mol. The highest BCUT2D eigenvalue weighted by molar-refractivity contribution is 7.54. The molecule has 23 nitrogen and oxygen atoms in total. The smallest absolute Gasteiger partial charge is 0.497 e. The molecular formula is C65H66AlBCl4N11O12. The number of rotatable bonds is 13. The van der Waals surface area contributed by atoms with Gasteiger partial charge in [0.05, 0.1) is 85.5 Å². The zero-order valence-corrected chi connectivity index (χ0v) is 55.1. The number of aromatic nitrogens is 10. The van der Waals surface area contributed by atoms with E-state index in [0.717, 1.165) is 73.9 Å². The van der Waals surface area contributed by atoms with Crippen LogP contribution in [0.25, 0.3) is 54.5 Å². The van der Waals surface area contributed by atoms with Crippen LogP contribution in [0, 0.1) is 0 Å². The lowest BCUT2D eigenvalue weighted by atomic mass is 10.0. The van der Waals surface area contributed by atoms with Crippen LogP contribution in [0.2, 0.25) is 5.02 Å². The molecule has 0 aliphatic heterocycles. The Hall–Kier alpha value is -9.51. The number of methoxy groups -OCH3 is 5. The van der Waals surface area contributed by atoms with Gasteiger partial charge in [0.1, 0.15) is 33.3 Å². The van der Waals surface area contributed by atoms with Gasteiger partial charge in [-0.3, -0.25) is 24.0 Å². The molecule has 487 valence electrons. The summed E-state index contributed by atoms with van der Waals surface area (Å²) in [6.07, 6.45) is 10.4. The molecule has 12 rings (SSSR count). The van der Waals surface area contributed by atoms with Crippen LogP contribution in [0.1, 0.15) is 34.5 Å². The van der Waals surface area contributed by atoms with Gasteiger partial charge in [0.25, 0.3) is 11.1 Å². The number of aliphatic hydroxyl groups excluding tert-OH is 1. The molecule has 3 radical (unpaired) electrons. The summed E-state index contributed by atoms with van der Waals surface area (Å²) in [4.78, 5) is 68.9. The number of fused-ring (bicyclic) bond motifs is 6. The molecule has 6 aromatic heterocycles. The lowest BCUT2D eigenvalue weighted by Gasteiger charge is -2.13. The summed E-state index contributed by atoms with van der Waals surface area (Å²) in [6.45, 7) is 1.15. The van der Waals surface area contributed by atoms with E-state index in [1.807, 2.05) is 127 Å². The highest BCUT2D eigenvalue weighted by Crippen LogP contribution is 2.32. The van der Waals surface area contributed by atoms with Crippen LogP contribution in [0.15, 0.2) is 202 Å². The van der Waals surface area contributed by atoms with E-state index >= 15 is 0 Å². The number of halogens is 4. The molecule has 0 saturated heterocycles. The Kier molecular flexibility index (Phi) is 32.8. The van der Waals surface area contributed by atoms with Crippen LogP contribution in [0.5, 0.6) is 28.7 Å². The number of aromatic amines is 1. The summed E-state index contributed by atoms with van der Waals surface area (Å²) >= 11 is 4.08. The first-order valence-electron chi connectivity index (χ1n) is 26.9. The molecule has 0 aliphatic carbocycles. The van der Waals surface area contributed by atoms with Gasteiger partial charge in [0.15, 0.2) is 12.0 Å². The van der Waals surface area contributed by atoms with Gasteiger partial charge in [0.2, 0.25) is 5.75 Å². The molecule has 0 bridgehead atoms. The van der Waals surface area contributed by atoms with Crippen molar-refractivity contribution in [2.24, 2.45) is 0 Å². The molecule has 6 heterocycles. The minimum Gasteiger partial charge on any atom is -0.497 e. The molecule has 0 saturated carbocycles. The van der Waals surface area contributed by atoms with Crippen molar-refractivity contribution in [3.63, 3.8) is 0 Å². The second kappa shape index (κ2) is 39.1. The predicted octanol–water partition coefficient (Wildman–Crippen LogP) is 10.1. The Balaban J connectivity index is 0.000000317. The number of aliphatic hydroxyl groups is 1. The average molecular weight is 1370 g/mol. The molecule has 7 N–H and O–H groups in total. The van der Waals surface area contributed by atoms with Gasteiger partial charge in [-0.05, 0) is 82.1 Å². The molecule has 6 aromatic carbocycles. The van der Waals surface area contributed by atoms with E-state index < -0.39 is 11.4 Å². The highest BCUT2D eigenvalue weighted by atomic mass is 35.8. The fraction of sp³-hybridized carbons (Fsp3) is 0.154. The minimum atomic E-state index is -1.72. The summed E-state index contributed by atoms with van der Waals surface area (Å²) in [5.41, 5.74) is 4.00. The van der Waals surface area contributed by atoms with Gasteiger partial charge in [-0.25, -0.2) is 59.3 Å². The molecule has 0 unspecified atom stereocenters. The number of hydrogen-bond acceptors (Lipinski definition) is 18. The first-order chi connectivity index (χ1) is 43.7. The van der Waals surface area contributed by atoms with Crippen LogP contribution >= 0.6 is 41.7 Å². The largest absolute Gasteiger partial charge is 0.643 e. The minimum absolute atomic E-state index is 0. The van der Waals surface area contributed by atoms with Gasteiger partial charge in [-0.1, -0.05) is 110 Å². The van der Waals surface area contributed by atoms with Crippen molar-refractivity contribution < 1.29 is 39.1 Å². The topological polar surface area (TPSA) is 326 Å². The molecule has 12 aromatic rings. The number of ether oxygens (including phenoxy) is 5. The molecule has 0 fully saturated rings. The van der Waals surface area contributed by atoms with Crippen molar-refractivity contribution in [1.29, 1.82) is 0 Å². The maximum absolute atomic E-state index is 12.8. The van der Waals surface area contributed by atoms with Crippen molar-refractivity contribution in [2.75, 3.05) is 42.7 Å². The Morgan fingerprint density at radius 2 is 0.904 bits per heavy atom. The number of H-pyrrole nitrogens is 1. The summed E-state index contributed by atoms with van der Waals surface area (Å²) in [5, 5.41) is 31.1. The van der Waals surface area contributed by atoms with E-state index in [1.165, 1.54) is 47.8 Å². The first-order valence-corrected chi connectivity index (χ1v) is 32.5. The molecule has 0 spiro atoms. The summed E-state index contributed by atoms with van der Waals surface area (Å²) in [6, 6.07) is 45.3. The van der Waals surface area contributed by atoms with E-state index in [2.05, 4.69) is 35.5 Å². The predicted molar refractivity (Wildman–Crippen MR) is 374 cm³/mol. The van der Waals surface area contributed by atoms with Crippen LogP contribution in [0.4, 0.5) is 0 Å². The van der Waals surface area contributed by atoms with Crippen LogP contribution in [0.3, 0.4) is 0 Å². The van der Waals surface area contributed by atoms with Gasteiger partial charge in [0, 0.05) is 60.6 Å². The molecule has 94 heavy (non-hydrogen) atoms. The van der Waals surface area contributed by atoms with Crippen molar-refractivity contribution >= 4 is 111 Å². The van der Waals surface area contributed by atoms with E-state index in [0.29, 0.717) is 53.1 Å². The normalized spacial score (nSPS) is 9.86. The second-order valence-electron chi connectivity index (χ2n) is 18.6. The SMILES string of the molecule is C.CO.COc1c(Cl)cnn(Cc2ccccc2)c1=O.COc1ccc(C=O)c(-c2cnn(Cc3ccccc3)c(=O)c2OC)c1.COc1ccc2cnc3c(=O)[nH]ncc3c2c1.COc1ccc2cnc3c(=O)n(Cc4ccccc4)ncc3c2c1.N.O.[B].[Cl][Al]([Cl])[Cl]. The lowest BCUT2D eigenvalue weighted by Crippen LogP contribution is -2.25. The number of benzene rings is 6. The maximum atomic E-state index is 12.8. The number of nitrogens with one attached hydrogen (secondary N) is 1. The Labute approximate surface area is 563 Å². The van der Waals surface area contributed by atoms with Crippen molar-refractivity contribution in [3.05, 3.63) is 251 Å². The molecule has 0 amide bonds. The van der Waals surface area contributed by atoms with E-state index in [4.69, 9.17) is 70.5 Å². The lowest BCUT2D eigenvalue weighted by molar-refractivity contribution is 0.112. The van der Waals surface area contributed by atoms with E-state index in [-0.39, 0.29) is 66.2 Å². The number of pyridine rings is 2. The number of aldehydes is 1. The average Bonchev–Trinajstić information content (AvgIpc) is 0.792. The van der Waals surface area contributed by atoms with Gasteiger partial charge < -0.3 is 40.4 Å². The Morgan fingerprint density at radius 3 is 1.36 bits per heavy atom. The zero-order chi connectivity index (χ0) is 64.7. The first kappa shape index (κ1) is 78.7. The number of nitrogens with zero attached hydrogens (tertiary/aromatic N) is 9. The van der Waals surface area contributed by atoms with Crippen molar-refractivity contribution in [2.45, 2.75) is 27.1 Å². The molecule has 29 heteroatoms. The number of hydrogen-bond donors (Lipinski definition) is 3. The van der Waals surface area contributed by atoms with E-state index in [1.54, 1.807) is 57.2 Å². The van der Waals surface area contributed by atoms with Gasteiger partial charge >= 0.3 is 22.5 Å². The number of carbonyl (C=O) groups excluding carboxylic acids is 1. The summed E-state index contributed by atoms with van der Waals surface area (Å²) in [5.74, 6) is 2.31. The van der Waals surface area contributed by atoms with Crippen LogP contribution in [-0.2, 0) is 19.6 Å². The second-order valence-corrected chi connectivity index (χ2v) is 25.4. The van der Waals surface area contributed by atoms with Gasteiger partial charge in [-0.2, -0.15) is 20.4 Å². The zero-order valence-electron chi connectivity index (χ0n) is 50.9. The Bertz CT molecular complexity index is 4640. The third-order valence-electron chi connectivity index (χ3n) is 13.2. The van der Waals surface area contributed by atoms with E-state index in [9.17, 15) is 24.0 Å². The molecular weight excluding hydrogens is 1310 g/mol. The fourth-order valence-electron chi connectivity index (χ4n) is 8.90. The maximum Gasteiger partial charge on any atom is 0.643 e. The third kappa shape index (κ3) is 20.2. The van der Waals surface area contributed by atoms with Crippen molar-refractivity contribution in [3.8, 4) is 39.9 Å². The standard InChI is InChI=1S/C20H18N2O4.C19H15N3O2.C12H11ClN2O2.C12H9N3O2.CH4O.CH4.Al.B.3ClH.H3N.H2O/c1-25-16-9-8-15(13-23)17(10-16)18-11-21-22(20(24)19(18)26-2)12-14-6-4-3-5-7-14;1-24-15-8-7-14-10-20-18-17(16(14)9-15)11-21-22(19(18)23)12-13-5-3-2-4-6-13;1-17-11-10(13)7-14-15(12(11)16)8-9-5-3-2-4-6-9;1-17-8-3-2-7-5-13-11-10(9(7)4-8)6-14-15-12(11)16;1-2;;;;;;;;/h3-11,13H,12H2,1-2H3;2-11H,12H2,1H3;2-7H,8H2,1H3;2-6H,1H3,(H,15,16);2H,1H3;1H4;;;3*1H;1H3;1H2/q;;;;;;+3;;;;;;/p-3. The Morgan fingerprint density at radius 1 is 0.500 bits per heavy atom. The number of carbonyl (C=O) groups is 1. The molecule has 0 atom stereocenters. The quantitative estimate of drug-likeness (QED) is 0.0549. The van der Waals surface area contributed by atoms with Crippen LogP contribution < -0.4 is 52.1 Å².